The van der Waals surface area contributed by atoms with Gasteiger partial charge in [0.25, 0.3) is 0 Å². The van der Waals surface area contributed by atoms with Crippen LogP contribution >= 0.6 is 0 Å². The van der Waals surface area contributed by atoms with Crippen molar-refractivity contribution in [1.82, 2.24) is 0 Å². The Labute approximate surface area is 153 Å². The molecule has 0 fully saturated rings. The van der Waals surface area contributed by atoms with E-state index in [1.807, 2.05) is 19.9 Å². The maximum atomic E-state index is 10.4. The molecule has 5 nitrogen and oxygen atoms in total. The highest BCUT2D eigenvalue weighted by atomic mass is 16.6. The maximum Gasteiger partial charge on any atom is 0.161 e. The molecule has 1 heterocycles. The highest BCUT2D eigenvalue weighted by Crippen LogP contribution is 2.42. The molecule has 3 rings (SSSR count). The standard InChI is InChI=1S/C21H23NO4/c1-5-21(2,3)16-10-15(19(25-4)12-18(16)24)20-11-17(22-26-20)13-6-8-14(23)9-7-13/h5-10,12,20,23-24H,1,11H2,2-4H3. The molecule has 0 saturated carbocycles. The number of phenols is 2. The van der Waals surface area contributed by atoms with Crippen LogP contribution in [-0.4, -0.2) is 23.0 Å². The minimum Gasteiger partial charge on any atom is -0.508 e. The molecule has 26 heavy (non-hydrogen) atoms. The van der Waals surface area contributed by atoms with Gasteiger partial charge in [-0.2, -0.15) is 0 Å². The molecule has 136 valence electrons. The Hall–Kier alpha value is -2.95. The average Bonchev–Trinajstić information content (AvgIpc) is 3.11. The van der Waals surface area contributed by atoms with Gasteiger partial charge in [-0.3, -0.25) is 0 Å². The Morgan fingerprint density at radius 3 is 2.54 bits per heavy atom. The van der Waals surface area contributed by atoms with Crippen molar-refractivity contribution >= 4 is 5.71 Å². The van der Waals surface area contributed by atoms with Crippen LogP contribution in [0.1, 0.15) is 43.1 Å². The first-order valence-corrected chi connectivity index (χ1v) is 8.42. The molecule has 0 aliphatic carbocycles. The molecule has 2 aromatic carbocycles. The van der Waals surface area contributed by atoms with E-state index in [0.29, 0.717) is 12.2 Å². The monoisotopic (exact) mass is 353 g/mol. The lowest BCUT2D eigenvalue weighted by molar-refractivity contribution is 0.0835. The van der Waals surface area contributed by atoms with Crippen LogP contribution in [0.3, 0.4) is 0 Å². The van der Waals surface area contributed by atoms with Crippen LogP contribution in [0.15, 0.2) is 54.2 Å². The van der Waals surface area contributed by atoms with Crippen LogP contribution in [0.25, 0.3) is 0 Å². The van der Waals surface area contributed by atoms with E-state index in [1.165, 1.54) is 0 Å². The second-order valence-electron chi connectivity index (χ2n) is 6.92. The normalized spacial score (nSPS) is 16.7. The van der Waals surface area contributed by atoms with E-state index in [2.05, 4.69) is 11.7 Å². The Kier molecular flexibility index (Phi) is 4.64. The lowest BCUT2D eigenvalue weighted by Gasteiger charge is -2.24. The third kappa shape index (κ3) is 3.25. The van der Waals surface area contributed by atoms with Gasteiger partial charge in [0.05, 0.1) is 12.8 Å². The van der Waals surface area contributed by atoms with E-state index in [0.717, 1.165) is 22.4 Å². The van der Waals surface area contributed by atoms with Crippen molar-refractivity contribution in [2.24, 2.45) is 5.16 Å². The summed E-state index contributed by atoms with van der Waals surface area (Å²) < 4.78 is 5.45. The number of benzene rings is 2. The zero-order valence-electron chi connectivity index (χ0n) is 15.2. The van der Waals surface area contributed by atoms with Crippen LogP contribution < -0.4 is 4.74 Å². The van der Waals surface area contributed by atoms with Gasteiger partial charge in [-0.1, -0.05) is 25.1 Å². The van der Waals surface area contributed by atoms with Crippen LogP contribution in [0.5, 0.6) is 17.2 Å². The van der Waals surface area contributed by atoms with E-state index in [9.17, 15) is 10.2 Å². The quantitative estimate of drug-likeness (QED) is 0.780. The van der Waals surface area contributed by atoms with Crippen molar-refractivity contribution in [3.05, 3.63) is 65.7 Å². The molecule has 1 aliphatic rings. The highest BCUT2D eigenvalue weighted by molar-refractivity contribution is 6.01. The molecule has 0 saturated heterocycles. The molecule has 0 radical (unpaired) electrons. The van der Waals surface area contributed by atoms with Crippen molar-refractivity contribution in [3.8, 4) is 17.2 Å². The number of ether oxygens (including phenoxy) is 1. The summed E-state index contributed by atoms with van der Waals surface area (Å²) in [5.74, 6) is 0.924. The second kappa shape index (κ2) is 6.75. The minimum atomic E-state index is -0.398. The van der Waals surface area contributed by atoms with Crippen LogP contribution in [0.2, 0.25) is 0 Å². The van der Waals surface area contributed by atoms with E-state index >= 15 is 0 Å². The third-order valence-corrected chi connectivity index (χ3v) is 4.77. The van der Waals surface area contributed by atoms with Crippen molar-refractivity contribution in [2.45, 2.75) is 31.8 Å². The summed E-state index contributed by atoms with van der Waals surface area (Å²) in [4.78, 5) is 5.66. The number of hydrogen-bond acceptors (Lipinski definition) is 5. The van der Waals surface area contributed by atoms with Crippen LogP contribution in [0.4, 0.5) is 0 Å². The Bertz CT molecular complexity index is 853. The third-order valence-electron chi connectivity index (χ3n) is 4.77. The smallest absolute Gasteiger partial charge is 0.161 e. The van der Waals surface area contributed by atoms with E-state index in [4.69, 9.17) is 9.57 Å². The van der Waals surface area contributed by atoms with Gasteiger partial charge in [0.2, 0.25) is 0 Å². The van der Waals surface area contributed by atoms with Crippen LogP contribution in [-0.2, 0) is 10.3 Å². The van der Waals surface area contributed by atoms with Gasteiger partial charge in [0.15, 0.2) is 6.10 Å². The number of allylic oxidation sites excluding steroid dienone is 1. The molecule has 0 bridgehead atoms. The number of rotatable bonds is 5. The van der Waals surface area contributed by atoms with Crippen LogP contribution in [0, 0.1) is 0 Å². The summed E-state index contributed by atoms with van der Waals surface area (Å²) in [6.45, 7) is 7.83. The molecular formula is C21H23NO4. The number of hydrogen-bond donors (Lipinski definition) is 2. The molecule has 1 atom stereocenters. The summed E-state index contributed by atoms with van der Waals surface area (Å²) in [6.07, 6.45) is 2.06. The van der Waals surface area contributed by atoms with E-state index in [1.54, 1.807) is 43.5 Å². The molecule has 0 spiro atoms. The van der Waals surface area contributed by atoms with Crippen molar-refractivity contribution < 1.29 is 19.8 Å². The van der Waals surface area contributed by atoms with E-state index in [-0.39, 0.29) is 17.6 Å². The highest BCUT2D eigenvalue weighted by Gasteiger charge is 2.30. The number of aromatic hydroxyl groups is 2. The lowest BCUT2D eigenvalue weighted by Crippen LogP contribution is -2.15. The number of oxime groups is 1. The zero-order valence-corrected chi connectivity index (χ0v) is 15.2. The fourth-order valence-corrected chi connectivity index (χ4v) is 3.01. The molecule has 0 amide bonds. The molecule has 1 unspecified atom stereocenters. The fourth-order valence-electron chi connectivity index (χ4n) is 3.01. The molecule has 5 heteroatoms. The van der Waals surface area contributed by atoms with Gasteiger partial charge >= 0.3 is 0 Å². The average molecular weight is 353 g/mol. The molecule has 2 N–H and O–H groups in total. The molecule has 1 aliphatic heterocycles. The SMILES string of the molecule is C=CC(C)(C)c1cc(C2CC(c3ccc(O)cc3)=NO2)c(OC)cc1O. The number of nitrogens with zero attached hydrogens (tertiary/aromatic N) is 1. The summed E-state index contributed by atoms with van der Waals surface area (Å²) >= 11 is 0. The summed E-state index contributed by atoms with van der Waals surface area (Å²) in [7, 11) is 1.56. The van der Waals surface area contributed by atoms with Gasteiger partial charge in [0, 0.05) is 29.0 Å². The Morgan fingerprint density at radius 2 is 1.92 bits per heavy atom. The van der Waals surface area contributed by atoms with Gasteiger partial charge in [-0.15, -0.1) is 6.58 Å². The number of phenolic OH excluding ortho intramolecular Hbond substituents is 2. The van der Waals surface area contributed by atoms with Crippen molar-refractivity contribution in [1.29, 1.82) is 0 Å². The first-order chi connectivity index (χ1) is 12.4. The summed E-state index contributed by atoms with van der Waals surface area (Å²) in [5.41, 5.74) is 2.88. The van der Waals surface area contributed by atoms with Crippen molar-refractivity contribution in [2.75, 3.05) is 7.11 Å². The Balaban J connectivity index is 1.93. The Morgan fingerprint density at radius 1 is 1.23 bits per heavy atom. The number of methoxy groups -OCH3 is 1. The van der Waals surface area contributed by atoms with Crippen molar-refractivity contribution in [3.63, 3.8) is 0 Å². The summed E-state index contributed by atoms with van der Waals surface area (Å²) in [5, 5.41) is 24.0. The van der Waals surface area contributed by atoms with Gasteiger partial charge in [-0.05, 0) is 35.9 Å². The predicted molar refractivity (Wildman–Crippen MR) is 101 cm³/mol. The van der Waals surface area contributed by atoms with Gasteiger partial charge in [0.1, 0.15) is 17.2 Å². The fraction of sp³-hybridized carbons (Fsp3) is 0.286. The summed E-state index contributed by atoms with van der Waals surface area (Å²) in [6, 6.07) is 10.4. The minimum absolute atomic E-state index is 0.160. The van der Waals surface area contributed by atoms with Gasteiger partial charge < -0.3 is 19.8 Å². The predicted octanol–water partition coefficient (Wildman–Crippen LogP) is 4.44. The topological polar surface area (TPSA) is 71.3 Å². The van der Waals surface area contributed by atoms with Gasteiger partial charge in [-0.25, -0.2) is 0 Å². The first kappa shape index (κ1) is 17.9. The lowest BCUT2D eigenvalue weighted by atomic mass is 9.82. The maximum absolute atomic E-state index is 10.4. The molecule has 0 aromatic heterocycles. The zero-order chi connectivity index (χ0) is 18.9. The molecular weight excluding hydrogens is 330 g/mol. The largest absolute Gasteiger partial charge is 0.508 e. The molecule has 2 aromatic rings. The first-order valence-electron chi connectivity index (χ1n) is 8.42. The second-order valence-corrected chi connectivity index (χ2v) is 6.92. The van der Waals surface area contributed by atoms with E-state index < -0.39 is 5.41 Å².